The van der Waals surface area contributed by atoms with Gasteiger partial charge in [-0.15, -0.1) is 0 Å². The molecule has 0 atom stereocenters. The van der Waals surface area contributed by atoms with Crippen LogP contribution in [0.15, 0.2) is 42.7 Å². The molecule has 7 heteroatoms. The van der Waals surface area contributed by atoms with Crippen molar-refractivity contribution in [2.24, 2.45) is 0 Å². The molecule has 0 aliphatic carbocycles. The van der Waals surface area contributed by atoms with Crippen LogP contribution in [0.25, 0.3) is 10.9 Å². The number of piperidine rings is 1. The molecular formula is C19H18ClFN4O. The van der Waals surface area contributed by atoms with Gasteiger partial charge in [-0.25, -0.2) is 14.4 Å². The Balaban J connectivity index is 1.65. The largest absolute Gasteiger partial charge is 0.490 e. The Morgan fingerprint density at radius 3 is 2.85 bits per heavy atom. The first kappa shape index (κ1) is 17.0. The first-order valence-corrected chi connectivity index (χ1v) is 8.92. The van der Waals surface area contributed by atoms with Gasteiger partial charge in [0.1, 0.15) is 24.0 Å². The molecule has 2 aromatic carbocycles. The van der Waals surface area contributed by atoms with Crippen LogP contribution in [0.2, 0.25) is 5.02 Å². The van der Waals surface area contributed by atoms with Crippen LogP contribution in [0.5, 0.6) is 5.75 Å². The lowest BCUT2D eigenvalue weighted by atomic mass is 10.1. The fourth-order valence-electron chi connectivity index (χ4n) is 3.04. The van der Waals surface area contributed by atoms with E-state index in [1.54, 1.807) is 12.1 Å². The third-order valence-electron chi connectivity index (χ3n) is 4.40. The lowest BCUT2D eigenvalue weighted by Crippen LogP contribution is -2.34. The average molecular weight is 373 g/mol. The standard InChI is InChI=1S/C19H18ClFN4O/c20-15-2-1-3-17(18(15)21)25-19-14-10-13(4-5-16(14)23-11-24-19)26-12-6-8-22-9-7-12/h1-5,10-12,22H,6-9H2,(H,23,24,25). The highest BCUT2D eigenvalue weighted by Crippen LogP contribution is 2.30. The number of fused-ring (bicyclic) bond motifs is 1. The summed E-state index contributed by atoms with van der Waals surface area (Å²) in [7, 11) is 0. The number of anilines is 2. The van der Waals surface area contributed by atoms with Gasteiger partial charge in [-0.3, -0.25) is 0 Å². The number of aromatic nitrogens is 2. The Labute approximate surface area is 155 Å². The van der Waals surface area contributed by atoms with Crippen LogP contribution in [0.3, 0.4) is 0 Å². The van der Waals surface area contributed by atoms with Crippen LogP contribution in [0, 0.1) is 5.82 Å². The summed E-state index contributed by atoms with van der Waals surface area (Å²) in [5, 5.41) is 7.15. The van der Waals surface area contributed by atoms with Crippen molar-refractivity contribution < 1.29 is 9.13 Å². The van der Waals surface area contributed by atoms with Gasteiger partial charge in [0, 0.05) is 5.39 Å². The van der Waals surface area contributed by atoms with E-state index in [1.165, 1.54) is 12.4 Å². The maximum atomic E-state index is 14.2. The smallest absolute Gasteiger partial charge is 0.165 e. The fraction of sp³-hybridized carbons (Fsp3) is 0.263. The van der Waals surface area contributed by atoms with Crippen molar-refractivity contribution in [3.8, 4) is 5.75 Å². The normalized spacial score (nSPS) is 15.2. The molecule has 0 unspecified atom stereocenters. The van der Waals surface area contributed by atoms with Gasteiger partial charge in [-0.2, -0.15) is 0 Å². The second-order valence-corrected chi connectivity index (χ2v) is 6.60. The number of rotatable bonds is 4. The minimum Gasteiger partial charge on any atom is -0.490 e. The molecule has 2 heterocycles. The Bertz CT molecular complexity index is 931. The van der Waals surface area contributed by atoms with Gasteiger partial charge in [0.2, 0.25) is 0 Å². The Morgan fingerprint density at radius 2 is 2.00 bits per heavy atom. The van der Waals surface area contributed by atoms with Gasteiger partial charge >= 0.3 is 0 Å². The topological polar surface area (TPSA) is 59.1 Å². The molecule has 134 valence electrons. The highest BCUT2D eigenvalue weighted by atomic mass is 35.5. The summed E-state index contributed by atoms with van der Waals surface area (Å²) in [6, 6.07) is 10.5. The third-order valence-corrected chi connectivity index (χ3v) is 4.69. The van der Waals surface area contributed by atoms with E-state index in [0.717, 1.165) is 42.6 Å². The van der Waals surface area contributed by atoms with E-state index in [4.69, 9.17) is 16.3 Å². The lowest BCUT2D eigenvalue weighted by molar-refractivity contribution is 0.162. The second-order valence-electron chi connectivity index (χ2n) is 6.19. The Hall–Kier alpha value is -2.44. The summed E-state index contributed by atoms with van der Waals surface area (Å²) in [6.07, 6.45) is 3.59. The minimum absolute atomic E-state index is 0.0586. The Kier molecular flexibility index (Phi) is 4.86. The van der Waals surface area contributed by atoms with E-state index < -0.39 is 5.82 Å². The van der Waals surface area contributed by atoms with E-state index in [0.29, 0.717) is 5.82 Å². The SMILES string of the molecule is Fc1c(Cl)cccc1Nc1ncnc2ccc(OC3CCNCC3)cc12. The van der Waals surface area contributed by atoms with Gasteiger partial charge in [0.15, 0.2) is 5.82 Å². The highest BCUT2D eigenvalue weighted by molar-refractivity contribution is 6.31. The quantitative estimate of drug-likeness (QED) is 0.715. The van der Waals surface area contributed by atoms with Crippen molar-refractivity contribution in [3.63, 3.8) is 0 Å². The molecule has 2 N–H and O–H groups in total. The van der Waals surface area contributed by atoms with Crippen molar-refractivity contribution in [3.05, 3.63) is 53.6 Å². The number of ether oxygens (including phenoxy) is 1. The summed E-state index contributed by atoms with van der Waals surface area (Å²) in [5.74, 6) is 0.754. The molecule has 0 amide bonds. The summed E-state index contributed by atoms with van der Waals surface area (Å²) in [6.45, 7) is 1.92. The molecular weight excluding hydrogens is 355 g/mol. The van der Waals surface area contributed by atoms with Crippen molar-refractivity contribution >= 4 is 34.0 Å². The second kappa shape index (κ2) is 7.43. The van der Waals surface area contributed by atoms with Gasteiger partial charge in [-0.1, -0.05) is 17.7 Å². The van der Waals surface area contributed by atoms with Crippen molar-refractivity contribution in [2.75, 3.05) is 18.4 Å². The number of nitrogens with one attached hydrogen (secondary N) is 2. The number of halogens is 2. The molecule has 0 bridgehead atoms. The van der Waals surface area contributed by atoms with Crippen molar-refractivity contribution in [2.45, 2.75) is 18.9 Å². The molecule has 3 aromatic rings. The van der Waals surface area contributed by atoms with Crippen LogP contribution in [0.1, 0.15) is 12.8 Å². The number of benzene rings is 2. The van der Waals surface area contributed by atoms with E-state index in [1.807, 2.05) is 18.2 Å². The summed E-state index contributed by atoms with van der Waals surface area (Å²) < 4.78 is 20.3. The third kappa shape index (κ3) is 3.57. The first-order chi connectivity index (χ1) is 12.7. The molecule has 5 nitrogen and oxygen atoms in total. The number of hydrogen-bond acceptors (Lipinski definition) is 5. The van der Waals surface area contributed by atoms with E-state index in [2.05, 4.69) is 20.6 Å². The van der Waals surface area contributed by atoms with Gasteiger partial charge in [-0.05, 0) is 56.3 Å². The Morgan fingerprint density at radius 1 is 1.15 bits per heavy atom. The van der Waals surface area contributed by atoms with Gasteiger partial charge in [0.25, 0.3) is 0 Å². The monoisotopic (exact) mass is 372 g/mol. The van der Waals surface area contributed by atoms with E-state index >= 15 is 0 Å². The van der Waals surface area contributed by atoms with Gasteiger partial charge in [0.05, 0.1) is 16.2 Å². The summed E-state index contributed by atoms with van der Waals surface area (Å²) in [4.78, 5) is 8.54. The minimum atomic E-state index is -0.511. The summed E-state index contributed by atoms with van der Waals surface area (Å²) >= 11 is 5.86. The van der Waals surface area contributed by atoms with Crippen LogP contribution in [-0.4, -0.2) is 29.2 Å². The molecule has 1 aliphatic heterocycles. The maximum Gasteiger partial charge on any atom is 0.165 e. The highest BCUT2D eigenvalue weighted by Gasteiger charge is 2.15. The average Bonchev–Trinajstić information content (AvgIpc) is 2.67. The van der Waals surface area contributed by atoms with Crippen LogP contribution in [0.4, 0.5) is 15.9 Å². The number of hydrogen-bond donors (Lipinski definition) is 2. The molecule has 1 aliphatic rings. The maximum absolute atomic E-state index is 14.2. The van der Waals surface area contributed by atoms with Gasteiger partial charge < -0.3 is 15.4 Å². The number of nitrogens with zero attached hydrogens (tertiary/aromatic N) is 2. The van der Waals surface area contributed by atoms with Crippen LogP contribution in [-0.2, 0) is 0 Å². The predicted octanol–water partition coefficient (Wildman–Crippen LogP) is 4.30. The fourth-order valence-corrected chi connectivity index (χ4v) is 3.22. The van der Waals surface area contributed by atoms with Crippen LogP contribution >= 0.6 is 11.6 Å². The molecule has 0 radical (unpaired) electrons. The van der Waals surface area contributed by atoms with Crippen molar-refractivity contribution in [1.29, 1.82) is 0 Å². The molecule has 0 spiro atoms. The predicted molar refractivity (Wildman–Crippen MR) is 101 cm³/mol. The van der Waals surface area contributed by atoms with E-state index in [-0.39, 0.29) is 16.8 Å². The zero-order valence-electron chi connectivity index (χ0n) is 14.0. The zero-order chi connectivity index (χ0) is 17.9. The molecule has 1 fully saturated rings. The zero-order valence-corrected chi connectivity index (χ0v) is 14.8. The molecule has 1 aromatic heterocycles. The van der Waals surface area contributed by atoms with Crippen LogP contribution < -0.4 is 15.4 Å². The molecule has 1 saturated heterocycles. The first-order valence-electron chi connectivity index (χ1n) is 8.54. The molecule has 26 heavy (non-hydrogen) atoms. The summed E-state index contributed by atoms with van der Waals surface area (Å²) in [5.41, 5.74) is 1.02. The molecule has 0 saturated carbocycles. The van der Waals surface area contributed by atoms with Crippen molar-refractivity contribution in [1.82, 2.24) is 15.3 Å². The lowest BCUT2D eigenvalue weighted by Gasteiger charge is -2.24. The molecule has 4 rings (SSSR count). The van der Waals surface area contributed by atoms with E-state index in [9.17, 15) is 4.39 Å².